The maximum atomic E-state index is 5.27. The Kier molecular flexibility index (Phi) is 5.57. The molecule has 0 radical (unpaired) electrons. The minimum Gasteiger partial charge on any atom is -0.308 e. The zero-order valence-corrected chi connectivity index (χ0v) is 25.4. The maximum Gasteiger partial charge on any atom is 0.162 e. The molecule has 10 aromatic rings. The fraction of sp³-hybridized carbons (Fsp3) is 0. The summed E-state index contributed by atoms with van der Waals surface area (Å²) in [5.41, 5.74) is 7.30. The quantitative estimate of drug-likeness (QED) is 0.190. The van der Waals surface area contributed by atoms with Crippen molar-refractivity contribution in [2.45, 2.75) is 0 Å². The molecule has 0 N–H and O–H groups in total. The molecule has 0 atom stereocenters. The van der Waals surface area contributed by atoms with E-state index in [-0.39, 0.29) is 0 Å². The van der Waals surface area contributed by atoms with Crippen LogP contribution in [0.25, 0.3) is 93.4 Å². The maximum absolute atomic E-state index is 5.27. The first-order chi connectivity index (χ1) is 23.3. The van der Waals surface area contributed by atoms with E-state index < -0.39 is 0 Å². The lowest BCUT2D eigenvalue weighted by Crippen LogP contribution is -2.01. The summed E-state index contributed by atoms with van der Waals surface area (Å²) in [6.45, 7) is 0. The minimum absolute atomic E-state index is 0.710. The Morgan fingerprint density at radius 3 is 1.72 bits per heavy atom. The van der Waals surface area contributed by atoms with Crippen LogP contribution in [0, 0.1) is 0 Å². The number of para-hydroxylation sites is 3. The molecule has 0 amide bonds. The molecule has 3 heteroatoms. The summed E-state index contributed by atoms with van der Waals surface area (Å²) in [6, 6.07) is 58.3. The van der Waals surface area contributed by atoms with Crippen molar-refractivity contribution < 1.29 is 0 Å². The van der Waals surface area contributed by atoms with E-state index in [9.17, 15) is 0 Å². The highest BCUT2D eigenvalue weighted by Gasteiger charge is 2.21. The topological polar surface area (TPSA) is 30.7 Å². The van der Waals surface area contributed by atoms with Crippen LogP contribution >= 0.6 is 0 Å². The highest BCUT2D eigenvalue weighted by molar-refractivity contribution is 6.35. The lowest BCUT2D eigenvalue weighted by atomic mass is 9.92. The molecule has 0 aliphatic rings. The van der Waals surface area contributed by atoms with Crippen LogP contribution in [0.2, 0.25) is 0 Å². The second-order valence-electron chi connectivity index (χ2n) is 12.1. The third kappa shape index (κ3) is 3.81. The summed E-state index contributed by atoms with van der Waals surface area (Å²) in [5, 5.41) is 11.2. The van der Waals surface area contributed by atoms with Gasteiger partial charge in [0.25, 0.3) is 0 Å². The number of hydrogen-bond acceptors (Lipinski definition) is 2. The van der Waals surface area contributed by atoms with Crippen LogP contribution in [0.4, 0.5) is 0 Å². The van der Waals surface area contributed by atoms with Crippen LogP contribution in [0.3, 0.4) is 0 Å². The Hall–Kier alpha value is -6.32. The first-order valence-corrected chi connectivity index (χ1v) is 16.0. The standard InChI is InChI=1S/C44H27N3/c1-2-14-28(15-3-1)43-34-20-8-11-23-37(34)45-44(46-43)36-22-10-13-25-39(36)47-38-24-12-9-21-35(38)42-40(47)27-26-33-31-18-5-4-16-29(31)30-17-6-7-19-32(30)41(33)42/h1-27H. The van der Waals surface area contributed by atoms with E-state index in [1.807, 2.05) is 12.1 Å². The number of nitrogens with zero attached hydrogens (tertiary/aromatic N) is 3. The molecule has 0 bridgehead atoms. The van der Waals surface area contributed by atoms with Crippen molar-refractivity contribution in [3.8, 4) is 28.3 Å². The average molecular weight is 598 g/mol. The van der Waals surface area contributed by atoms with Gasteiger partial charge >= 0.3 is 0 Å². The fourth-order valence-electron chi connectivity index (χ4n) is 7.58. The van der Waals surface area contributed by atoms with Crippen LogP contribution in [0.15, 0.2) is 164 Å². The van der Waals surface area contributed by atoms with Gasteiger partial charge in [0.1, 0.15) is 0 Å². The van der Waals surface area contributed by atoms with Gasteiger partial charge in [0.15, 0.2) is 5.82 Å². The van der Waals surface area contributed by atoms with Crippen molar-refractivity contribution in [1.82, 2.24) is 14.5 Å². The molecular weight excluding hydrogens is 571 g/mol. The molecule has 0 aliphatic heterocycles. The molecule has 2 heterocycles. The molecule has 0 fully saturated rings. The number of fused-ring (bicyclic) bond motifs is 11. The summed E-state index contributed by atoms with van der Waals surface area (Å²) in [4.78, 5) is 10.4. The average Bonchev–Trinajstić information content (AvgIpc) is 3.49. The highest BCUT2D eigenvalue weighted by atomic mass is 15.0. The van der Waals surface area contributed by atoms with Crippen LogP contribution < -0.4 is 0 Å². The van der Waals surface area contributed by atoms with E-state index in [1.165, 1.54) is 43.1 Å². The number of benzene rings is 8. The van der Waals surface area contributed by atoms with Crippen molar-refractivity contribution in [2.75, 3.05) is 0 Å². The molecule has 8 aromatic carbocycles. The highest BCUT2D eigenvalue weighted by Crippen LogP contribution is 2.44. The van der Waals surface area contributed by atoms with Crippen molar-refractivity contribution in [3.63, 3.8) is 0 Å². The molecule has 218 valence electrons. The lowest BCUT2D eigenvalue weighted by Gasteiger charge is -2.15. The largest absolute Gasteiger partial charge is 0.308 e. The number of rotatable bonds is 3. The summed E-state index contributed by atoms with van der Waals surface area (Å²) in [5.74, 6) is 0.710. The Bertz CT molecular complexity index is 2810. The summed E-state index contributed by atoms with van der Waals surface area (Å²) in [7, 11) is 0. The van der Waals surface area contributed by atoms with E-state index in [1.54, 1.807) is 0 Å². The second-order valence-corrected chi connectivity index (χ2v) is 12.1. The third-order valence-corrected chi connectivity index (χ3v) is 9.58. The molecule has 0 saturated carbocycles. The summed E-state index contributed by atoms with van der Waals surface area (Å²) >= 11 is 0. The first-order valence-electron chi connectivity index (χ1n) is 16.0. The molecule has 2 aromatic heterocycles. The number of hydrogen-bond donors (Lipinski definition) is 0. The summed E-state index contributed by atoms with van der Waals surface area (Å²) in [6.07, 6.45) is 0. The Balaban J connectivity index is 1.33. The van der Waals surface area contributed by atoms with Gasteiger partial charge in [0.05, 0.1) is 27.9 Å². The third-order valence-electron chi connectivity index (χ3n) is 9.58. The Morgan fingerprint density at radius 1 is 0.362 bits per heavy atom. The predicted octanol–water partition coefficient (Wildman–Crippen LogP) is 11.5. The molecule has 47 heavy (non-hydrogen) atoms. The van der Waals surface area contributed by atoms with Crippen molar-refractivity contribution >= 4 is 65.0 Å². The van der Waals surface area contributed by atoms with E-state index in [2.05, 4.69) is 156 Å². The van der Waals surface area contributed by atoms with Gasteiger partial charge in [0.2, 0.25) is 0 Å². The van der Waals surface area contributed by atoms with Crippen LogP contribution in [-0.2, 0) is 0 Å². The molecule has 0 unspecified atom stereocenters. The van der Waals surface area contributed by atoms with Crippen molar-refractivity contribution in [3.05, 3.63) is 164 Å². The van der Waals surface area contributed by atoms with Gasteiger partial charge in [0, 0.05) is 32.7 Å². The van der Waals surface area contributed by atoms with Crippen molar-refractivity contribution in [2.24, 2.45) is 0 Å². The molecule has 0 spiro atoms. The Labute approximate surface area is 271 Å². The first kappa shape index (κ1) is 26.0. The van der Waals surface area contributed by atoms with Gasteiger partial charge in [-0.1, -0.05) is 133 Å². The Morgan fingerprint density at radius 2 is 0.936 bits per heavy atom. The summed E-state index contributed by atoms with van der Waals surface area (Å²) < 4.78 is 2.41. The fourth-order valence-corrected chi connectivity index (χ4v) is 7.58. The van der Waals surface area contributed by atoms with Crippen LogP contribution in [0.5, 0.6) is 0 Å². The smallest absolute Gasteiger partial charge is 0.162 e. The van der Waals surface area contributed by atoms with Gasteiger partial charge in [-0.15, -0.1) is 0 Å². The van der Waals surface area contributed by atoms with E-state index in [0.717, 1.165) is 44.4 Å². The molecule has 0 aliphatic carbocycles. The van der Waals surface area contributed by atoms with E-state index in [4.69, 9.17) is 9.97 Å². The second kappa shape index (κ2) is 10.1. The monoisotopic (exact) mass is 597 g/mol. The zero-order valence-electron chi connectivity index (χ0n) is 25.4. The molecule has 0 saturated heterocycles. The molecule has 3 nitrogen and oxygen atoms in total. The van der Waals surface area contributed by atoms with Gasteiger partial charge in [-0.05, 0) is 57.3 Å². The SMILES string of the molecule is c1ccc(-c2nc(-c3ccccc3-n3c4ccccc4c4c5c6ccccc6c6ccccc6c5ccc43)nc3ccccc23)cc1. The predicted molar refractivity (Wildman–Crippen MR) is 197 cm³/mol. The molecular formula is C44H27N3. The van der Waals surface area contributed by atoms with Gasteiger partial charge in [-0.3, -0.25) is 0 Å². The van der Waals surface area contributed by atoms with E-state index >= 15 is 0 Å². The van der Waals surface area contributed by atoms with Gasteiger partial charge in [-0.2, -0.15) is 0 Å². The van der Waals surface area contributed by atoms with Crippen molar-refractivity contribution in [1.29, 1.82) is 0 Å². The normalized spacial score (nSPS) is 11.8. The lowest BCUT2D eigenvalue weighted by molar-refractivity contribution is 1.15. The van der Waals surface area contributed by atoms with Gasteiger partial charge < -0.3 is 4.57 Å². The number of aromatic nitrogens is 3. The van der Waals surface area contributed by atoms with Gasteiger partial charge in [-0.25, -0.2) is 9.97 Å². The van der Waals surface area contributed by atoms with E-state index in [0.29, 0.717) is 5.82 Å². The van der Waals surface area contributed by atoms with Crippen LogP contribution in [-0.4, -0.2) is 14.5 Å². The minimum atomic E-state index is 0.710. The van der Waals surface area contributed by atoms with Crippen LogP contribution in [0.1, 0.15) is 0 Å². The molecule has 10 rings (SSSR count). The zero-order chi connectivity index (χ0) is 30.9.